The average Bonchev–Trinajstić information content (AvgIpc) is 3.35. The zero-order chi connectivity index (χ0) is 17.3. The van der Waals surface area contributed by atoms with E-state index in [0.29, 0.717) is 0 Å². The van der Waals surface area contributed by atoms with Crippen molar-refractivity contribution in [2.24, 2.45) is 16.7 Å². The molecule has 3 nitrogen and oxygen atoms in total. The summed E-state index contributed by atoms with van der Waals surface area (Å²) in [6.45, 7) is 16.7. The van der Waals surface area contributed by atoms with E-state index in [2.05, 4.69) is 28.5 Å². The number of likely N-dealkylation sites (tertiary alicyclic amines) is 1. The normalized spacial score (nSPS) is 30.5. The molecule has 0 radical (unpaired) electrons. The minimum Gasteiger partial charge on any atom is -0.303 e. The average molecular weight is 348 g/mol. The van der Waals surface area contributed by atoms with Crippen LogP contribution in [-0.2, 0) is 0 Å². The zero-order valence-corrected chi connectivity index (χ0v) is 16.9. The van der Waals surface area contributed by atoms with Crippen LogP contribution in [0.3, 0.4) is 0 Å². The van der Waals surface area contributed by atoms with Crippen molar-refractivity contribution in [1.82, 2.24) is 14.7 Å². The van der Waals surface area contributed by atoms with Gasteiger partial charge in [-0.3, -0.25) is 0 Å². The lowest BCUT2D eigenvalue weighted by molar-refractivity contribution is -0.0339. The van der Waals surface area contributed by atoms with Gasteiger partial charge >= 0.3 is 0 Å². The molecule has 2 aliphatic carbocycles. The molecule has 0 unspecified atom stereocenters. The van der Waals surface area contributed by atoms with E-state index in [1.54, 1.807) is 0 Å². The van der Waals surface area contributed by atoms with Crippen LogP contribution in [0.4, 0.5) is 0 Å². The molecule has 0 atom stereocenters. The fourth-order valence-electron chi connectivity index (χ4n) is 6.21. The second-order valence-electron chi connectivity index (χ2n) is 10.0. The number of piperidine rings is 1. The highest BCUT2D eigenvalue weighted by Gasteiger charge is 2.48. The Morgan fingerprint density at radius 3 is 1.96 bits per heavy atom. The van der Waals surface area contributed by atoms with Crippen LogP contribution < -0.4 is 0 Å². The molecule has 0 N–H and O–H groups in total. The Labute approximate surface area is 156 Å². The number of rotatable bonds is 7. The molecule has 0 aromatic rings. The Kier molecular flexibility index (Phi) is 5.46. The zero-order valence-electron chi connectivity index (χ0n) is 16.9. The van der Waals surface area contributed by atoms with E-state index in [9.17, 15) is 0 Å². The summed E-state index contributed by atoms with van der Waals surface area (Å²) < 4.78 is 0. The van der Waals surface area contributed by atoms with Crippen molar-refractivity contribution in [1.29, 1.82) is 0 Å². The Hall–Kier alpha value is -0.120. The molecule has 144 valence electrons. The molecule has 2 heterocycles. The molecular weight excluding hydrogens is 306 g/mol. The van der Waals surface area contributed by atoms with Crippen LogP contribution in [0.25, 0.3) is 0 Å². The first-order valence-electron chi connectivity index (χ1n) is 11.3. The van der Waals surface area contributed by atoms with Gasteiger partial charge < -0.3 is 14.7 Å². The van der Waals surface area contributed by atoms with Gasteiger partial charge in [0, 0.05) is 39.3 Å². The topological polar surface area (TPSA) is 9.72 Å². The highest BCUT2D eigenvalue weighted by Crippen LogP contribution is 2.54. The van der Waals surface area contributed by atoms with Crippen molar-refractivity contribution in [3.05, 3.63) is 0 Å². The van der Waals surface area contributed by atoms with Crippen molar-refractivity contribution in [3.8, 4) is 0 Å². The first-order valence-corrected chi connectivity index (χ1v) is 11.3. The lowest BCUT2D eigenvalue weighted by Gasteiger charge is -2.54. The standard InChI is InChI=1S/C22H41N3/c1-3-5-21(6-7-21)19-25-10-8-22(9-11-25)16-20(17-22)18-24-14-12-23(4-2)13-15-24/h20H,3-19H2,1-2H3. The minimum absolute atomic E-state index is 0.752. The van der Waals surface area contributed by atoms with Crippen molar-refractivity contribution < 1.29 is 0 Å². The maximum atomic E-state index is 2.82. The van der Waals surface area contributed by atoms with Gasteiger partial charge in [-0.15, -0.1) is 0 Å². The number of piperazine rings is 1. The van der Waals surface area contributed by atoms with Gasteiger partial charge in [-0.05, 0) is 81.3 Å². The highest BCUT2D eigenvalue weighted by atomic mass is 15.3. The number of hydrogen-bond acceptors (Lipinski definition) is 3. The van der Waals surface area contributed by atoms with E-state index in [-0.39, 0.29) is 0 Å². The molecular formula is C22H41N3. The van der Waals surface area contributed by atoms with Gasteiger partial charge in [0.15, 0.2) is 0 Å². The van der Waals surface area contributed by atoms with Gasteiger partial charge in [0.2, 0.25) is 0 Å². The van der Waals surface area contributed by atoms with E-state index < -0.39 is 0 Å². The molecule has 1 spiro atoms. The second-order valence-corrected chi connectivity index (χ2v) is 10.0. The van der Waals surface area contributed by atoms with Crippen LogP contribution in [0.15, 0.2) is 0 Å². The van der Waals surface area contributed by atoms with Crippen LogP contribution in [0.5, 0.6) is 0 Å². The Balaban J connectivity index is 1.15. The molecule has 2 saturated heterocycles. The predicted molar refractivity (Wildman–Crippen MR) is 106 cm³/mol. The van der Waals surface area contributed by atoms with E-state index in [4.69, 9.17) is 0 Å². The van der Waals surface area contributed by atoms with E-state index in [1.165, 1.54) is 110 Å². The van der Waals surface area contributed by atoms with E-state index in [0.717, 1.165) is 16.7 Å². The smallest absolute Gasteiger partial charge is 0.0110 e. The SMILES string of the molecule is CCCC1(CN2CCC3(CC2)CC(CN2CCN(CC)CC2)C3)CC1. The van der Waals surface area contributed by atoms with E-state index in [1.807, 2.05) is 0 Å². The summed E-state index contributed by atoms with van der Waals surface area (Å²) in [5, 5.41) is 0. The molecule has 0 amide bonds. The molecule has 2 aliphatic heterocycles. The molecule has 3 heteroatoms. The summed E-state index contributed by atoms with van der Waals surface area (Å²) in [5.41, 5.74) is 1.51. The van der Waals surface area contributed by atoms with Gasteiger partial charge in [0.05, 0.1) is 0 Å². The molecule has 0 bridgehead atoms. The van der Waals surface area contributed by atoms with Crippen molar-refractivity contribution in [2.75, 3.05) is 58.9 Å². The fraction of sp³-hybridized carbons (Fsp3) is 1.00. The van der Waals surface area contributed by atoms with Crippen LogP contribution in [0.2, 0.25) is 0 Å². The Morgan fingerprint density at radius 1 is 0.760 bits per heavy atom. The largest absolute Gasteiger partial charge is 0.303 e. The van der Waals surface area contributed by atoms with Crippen LogP contribution in [0.1, 0.15) is 65.2 Å². The maximum Gasteiger partial charge on any atom is 0.0110 e. The van der Waals surface area contributed by atoms with Gasteiger partial charge in [-0.2, -0.15) is 0 Å². The molecule has 2 saturated carbocycles. The molecule has 4 rings (SSSR count). The molecule has 0 aromatic heterocycles. The van der Waals surface area contributed by atoms with Crippen molar-refractivity contribution in [2.45, 2.75) is 65.2 Å². The number of hydrogen-bond donors (Lipinski definition) is 0. The highest BCUT2D eigenvalue weighted by molar-refractivity contribution is 5.00. The number of likely N-dealkylation sites (N-methyl/N-ethyl adjacent to an activating group) is 1. The molecule has 0 aromatic carbocycles. The van der Waals surface area contributed by atoms with E-state index >= 15 is 0 Å². The summed E-state index contributed by atoms with van der Waals surface area (Å²) >= 11 is 0. The van der Waals surface area contributed by atoms with Gasteiger partial charge in [-0.25, -0.2) is 0 Å². The lowest BCUT2D eigenvalue weighted by atomic mass is 9.57. The monoisotopic (exact) mass is 347 g/mol. The van der Waals surface area contributed by atoms with Gasteiger partial charge in [0.1, 0.15) is 0 Å². The third-order valence-corrected chi connectivity index (χ3v) is 8.09. The first-order chi connectivity index (χ1) is 12.1. The summed E-state index contributed by atoms with van der Waals surface area (Å²) in [7, 11) is 0. The summed E-state index contributed by atoms with van der Waals surface area (Å²) in [5.74, 6) is 1.01. The van der Waals surface area contributed by atoms with Crippen LogP contribution in [-0.4, -0.2) is 73.6 Å². The van der Waals surface area contributed by atoms with Gasteiger partial charge in [0.25, 0.3) is 0 Å². The molecule has 4 fully saturated rings. The Morgan fingerprint density at radius 2 is 1.40 bits per heavy atom. The number of nitrogens with zero attached hydrogens (tertiary/aromatic N) is 3. The summed E-state index contributed by atoms with van der Waals surface area (Å²) in [6.07, 6.45) is 11.9. The van der Waals surface area contributed by atoms with Crippen LogP contribution in [0, 0.1) is 16.7 Å². The summed E-state index contributed by atoms with van der Waals surface area (Å²) in [6, 6.07) is 0. The predicted octanol–water partition coefficient (Wildman–Crippen LogP) is 3.70. The maximum absolute atomic E-state index is 2.82. The molecule has 4 aliphatic rings. The Bertz CT molecular complexity index is 421. The lowest BCUT2D eigenvalue weighted by Crippen LogP contribution is -2.53. The third-order valence-electron chi connectivity index (χ3n) is 8.09. The fourth-order valence-corrected chi connectivity index (χ4v) is 6.21. The van der Waals surface area contributed by atoms with Gasteiger partial charge in [-0.1, -0.05) is 20.3 Å². The van der Waals surface area contributed by atoms with Crippen molar-refractivity contribution in [3.63, 3.8) is 0 Å². The minimum atomic E-state index is 0.752. The first kappa shape index (κ1) is 18.3. The van der Waals surface area contributed by atoms with Crippen molar-refractivity contribution >= 4 is 0 Å². The molecule has 25 heavy (non-hydrogen) atoms. The van der Waals surface area contributed by atoms with Crippen LogP contribution >= 0.6 is 0 Å². The quantitative estimate of drug-likeness (QED) is 0.695. The second kappa shape index (κ2) is 7.48. The third kappa shape index (κ3) is 4.25. The summed E-state index contributed by atoms with van der Waals surface area (Å²) in [4.78, 5) is 8.17.